The average Bonchev–Trinajstić information content (AvgIpc) is 2.94. The van der Waals surface area contributed by atoms with Gasteiger partial charge in [-0.3, -0.25) is 4.79 Å². The maximum atomic E-state index is 12.8. The van der Waals surface area contributed by atoms with Gasteiger partial charge in [-0.05, 0) is 78.3 Å². The molecule has 5 nitrogen and oxygen atoms in total. The number of halogens is 1. The Bertz CT molecular complexity index is 959. The fraction of sp³-hybridized carbons (Fsp3) is 0.238. The summed E-state index contributed by atoms with van der Waals surface area (Å²) in [6.45, 7) is 3.97. The van der Waals surface area contributed by atoms with Crippen LogP contribution in [0.15, 0.2) is 53.0 Å². The second-order valence-corrected chi connectivity index (χ2v) is 7.51. The second-order valence-electron chi connectivity index (χ2n) is 6.72. The normalized spacial score (nSPS) is 10.7. The molecule has 0 aliphatic rings. The first-order valence-corrected chi connectivity index (χ1v) is 9.46. The fourth-order valence-corrected chi connectivity index (χ4v) is 3.15. The number of aryl methyl sites for hydroxylation is 1. The summed E-state index contributed by atoms with van der Waals surface area (Å²) >= 11 is 3.55. The van der Waals surface area contributed by atoms with Crippen molar-refractivity contribution in [3.63, 3.8) is 0 Å². The highest BCUT2D eigenvalue weighted by Gasteiger charge is 2.15. The van der Waals surface area contributed by atoms with E-state index in [9.17, 15) is 4.79 Å². The smallest absolute Gasteiger partial charge is 0.258 e. The Hall–Kier alpha value is -2.60. The summed E-state index contributed by atoms with van der Waals surface area (Å²) < 4.78 is 2.88. The van der Waals surface area contributed by atoms with Crippen LogP contribution < -0.4 is 9.80 Å². The fourth-order valence-electron chi connectivity index (χ4n) is 2.91. The van der Waals surface area contributed by atoms with Gasteiger partial charge >= 0.3 is 0 Å². The van der Waals surface area contributed by atoms with Gasteiger partial charge in [0.05, 0.1) is 21.5 Å². The van der Waals surface area contributed by atoms with Crippen LogP contribution in [0.3, 0.4) is 0 Å². The summed E-state index contributed by atoms with van der Waals surface area (Å²) in [6.07, 6.45) is 0. The van der Waals surface area contributed by atoms with Crippen molar-refractivity contribution in [3.8, 4) is 5.69 Å². The summed E-state index contributed by atoms with van der Waals surface area (Å²) in [7, 11) is 5.78. The number of hydrogen-bond donors (Lipinski definition) is 0. The van der Waals surface area contributed by atoms with E-state index in [0.717, 1.165) is 32.9 Å². The molecule has 140 valence electrons. The topological polar surface area (TPSA) is 41.4 Å². The lowest BCUT2D eigenvalue weighted by atomic mass is 10.1. The lowest BCUT2D eigenvalue weighted by Gasteiger charge is -2.19. The molecule has 0 unspecified atom stereocenters. The van der Waals surface area contributed by atoms with E-state index in [-0.39, 0.29) is 5.91 Å². The zero-order chi connectivity index (χ0) is 19.7. The molecule has 2 aromatic carbocycles. The Kier molecular flexibility index (Phi) is 5.37. The Morgan fingerprint density at radius 3 is 1.96 bits per heavy atom. The first kappa shape index (κ1) is 19.2. The van der Waals surface area contributed by atoms with Gasteiger partial charge in [0, 0.05) is 38.1 Å². The molecule has 0 aliphatic carbocycles. The van der Waals surface area contributed by atoms with Crippen LogP contribution in [-0.2, 0) is 0 Å². The molecule has 1 amide bonds. The van der Waals surface area contributed by atoms with Gasteiger partial charge in [-0.25, -0.2) is 4.68 Å². The molecule has 0 bridgehead atoms. The Balaban J connectivity index is 1.81. The van der Waals surface area contributed by atoms with E-state index in [1.54, 1.807) is 11.9 Å². The molecule has 3 aromatic rings. The molecule has 0 saturated carbocycles. The third-order valence-corrected chi connectivity index (χ3v) is 5.77. The summed E-state index contributed by atoms with van der Waals surface area (Å²) in [5.74, 6) is -0.0475. The molecule has 0 radical (unpaired) electrons. The molecule has 0 aliphatic heterocycles. The van der Waals surface area contributed by atoms with Crippen LogP contribution in [0.2, 0.25) is 0 Å². The largest absolute Gasteiger partial charge is 0.378 e. The summed E-state index contributed by atoms with van der Waals surface area (Å²) in [5.41, 5.74) is 5.49. The SMILES string of the molecule is Cc1nn(-c2ccc(C(=O)N(C)c3ccc(N(C)C)cc3)cc2)c(C)c1Br. The third kappa shape index (κ3) is 3.76. The summed E-state index contributed by atoms with van der Waals surface area (Å²) in [6, 6.07) is 15.4. The van der Waals surface area contributed by atoms with Crippen LogP contribution in [0, 0.1) is 13.8 Å². The minimum absolute atomic E-state index is 0.0475. The molecule has 0 saturated heterocycles. The Morgan fingerprint density at radius 1 is 0.926 bits per heavy atom. The van der Waals surface area contributed by atoms with E-state index in [2.05, 4.69) is 21.0 Å². The van der Waals surface area contributed by atoms with Crippen LogP contribution in [-0.4, -0.2) is 36.8 Å². The molecule has 1 heterocycles. The predicted molar refractivity (Wildman–Crippen MR) is 114 cm³/mol. The average molecular weight is 427 g/mol. The first-order chi connectivity index (χ1) is 12.8. The van der Waals surface area contributed by atoms with Crippen molar-refractivity contribution in [2.45, 2.75) is 13.8 Å². The van der Waals surface area contributed by atoms with Crippen LogP contribution >= 0.6 is 15.9 Å². The molecular formula is C21H23BrN4O. The van der Waals surface area contributed by atoms with E-state index in [4.69, 9.17) is 0 Å². The van der Waals surface area contributed by atoms with Crippen molar-refractivity contribution in [2.24, 2.45) is 0 Å². The van der Waals surface area contributed by atoms with Gasteiger partial charge in [0.15, 0.2) is 0 Å². The summed E-state index contributed by atoms with van der Waals surface area (Å²) in [5, 5.41) is 4.53. The van der Waals surface area contributed by atoms with Gasteiger partial charge in [0.2, 0.25) is 0 Å². The minimum Gasteiger partial charge on any atom is -0.378 e. The zero-order valence-electron chi connectivity index (χ0n) is 16.2. The predicted octanol–water partition coefficient (Wildman–Crippen LogP) is 4.59. The van der Waals surface area contributed by atoms with Gasteiger partial charge in [0.25, 0.3) is 5.91 Å². The van der Waals surface area contributed by atoms with E-state index in [0.29, 0.717) is 5.56 Å². The second kappa shape index (κ2) is 7.56. The number of benzene rings is 2. The number of anilines is 2. The molecule has 1 aromatic heterocycles. The third-order valence-electron chi connectivity index (χ3n) is 4.62. The van der Waals surface area contributed by atoms with Gasteiger partial charge < -0.3 is 9.80 Å². The van der Waals surface area contributed by atoms with E-state index < -0.39 is 0 Å². The molecule has 0 N–H and O–H groups in total. The number of hydrogen-bond acceptors (Lipinski definition) is 3. The van der Waals surface area contributed by atoms with Gasteiger partial charge in [-0.15, -0.1) is 0 Å². The number of aromatic nitrogens is 2. The number of carbonyl (C=O) groups excluding carboxylic acids is 1. The van der Waals surface area contributed by atoms with E-state index in [1.807, 2.05) is 86.1 Å². The minimum atomic E-state index is -0.0475. The van der Waals surface area contributed by atoms with Crippen molar-refractivity contribution in [1.29, 1.82) is 0 Å². The highest BCUT2D eigenvalue weighted by molar-refractivity contribution is 9.10. The van der Waals surface area contributed by atoms with Gasteiger partial charge in [-0.1, -0.05) is 0 Å². The van der Waals surface area contributed by atoms with Crippen molar-refractivity contribution in [1.82, 2.24) is 9.78 Å². The lowest BCUT2D eigenvalue weighted by Crippen LogP contribution is -2.26. The zero-order valence-corrected chi connectivity index (χ0v) is 17.8. The van der Waals surface area contributed by atoms with Crippen LogP contribution in [0.25, 0.3) is 5.69 Å². The van der Waals surface area contributed by atoms with Crippen molar-refractivity contribution in [3.05, 3.63) is 70.0 Å². The van der Waals surface area contributed by atoms with Crippen LogP contribution in [0.4, 0.5) is 11.4 Å². The molecule has 3 rings (SSSR count). The number of carbonyl (C=O) groups is 1. The first-order valence-electron chi connectivity index (χ1n) is 8.67. The molecule has 0 spiro atoms. The van der Waals surface area contributed by atoms with Crippen LogP contribution in [0.1, 0.15) is 21.7 Å². The number of amides is 1. The number of nitrogens with zero attached hydrogens (tertiary/aromatic N) is 4. The molecule has 0 fully saturated rings. The van der Waals surface area contributed by atoms with E-state index in [1.165, 1.54) is 0 Å². The van der Waals surface area contributed by atoms with Gasteiger partial charge in [-0.2, -0.15) is 5.10 Å². The van der Waals surface area contributed by atoms with Crippen molar-refractivity contribution < 1.29 is 4.79 Å². The standard InChI is InChI=1S/C21H23BrN4O/c1-14-20(22)15(2)26(23-14)19-8-6-16(7-9-19)21(27)25(5)18-12-10-17(11-13-18)24(3)4/h6-13H,1-5H3. The van der Waals surface area contributed by atoms with E-state index >= 15 is 0 Å². The van der Waals surface area contributed by atoms with Crippen molar-refractivity contribution >= 4 is 33.2 Å². The molecule has 0 atom stereocenters. The summed E-state index contributed by atoms with van der Waals surface area (Å²) in [4.78, 5) is 16.5. The highest BCUT2D eigenvalue weighted by Crippen LogP contribution is 2.24. The Morgan fingerprint density at radius 2 is 1.48 bits per heavy atom. The van der Waals surface area contributed by atoms with Gasteiger partial charge in [0.1, 0.15) is 0 Å². The van der Waals surface area contributed by atoms with Crippen molar-refractivity contribution in [2.75, 3.05) is 30.9 Å². The maximum Gasteiger partial charge on any atom is 0.258 e. The highest BCUT2D eigenvalue weighted by atomic mass is 79.9. The van der Waals surface area contributed by atoms with Crippen LogP contribution in [0.5, 0.6) is 0 Å². The molecular weight excluding hydrogens is 404 g/mol. The molecule has 27 heavy (non-hydrogen) atoms. The monoisotopic (exact) mass is 426 g/mol. The quantitative estimate of drug-likeness (QED) is 0.612. The molecule has 6 heteroatoms. The lowest BCUT2D eigenvalue weighted by molar-refractivity contribution is 0.0993. The Labute approximate surface area is 168 Å². The number of rotatable bonds is 4. The maximum absolute atomic E-state index is 12.8.